The zero-order valence-electron chi connectivity index (χ0n) is 20.1. The number of alkyl halides is 6. The van der Waals surface area contributed by atoms with Crippen molar-refractivity contribution in [3.05, 3.63) is 70.0 Å². The first-order valence-electron chi connectivity index (χ1n) is 11.1. The highest BCUT2D eigenvalue weighted by Crippen LogP contribution is 2.38. The predicted octanol–water partition coefficient (Wildman–Crippen LogP) is 5.20. The lowest BCUT2D eigenvalue weighted by Crippen LogP contribution is -2.47. The van der Waals surface area contributed by atoms with E-state index < -0.39 is 63.6 Å². The highest BCUT2D eigenvalue weighted by molar-refractivity contribution is 7.88. The Hall–Kier alpha value is -2.67. The molecule has 0 N–H and O–H groups in total. The first-order valence-corrected chi connectivity index (χ1v) is 13.0. The topological polar surface area (TPSA) is 57.7 Å². The quantitative estimate of drug-likeness (QED) is 0.478. The third kappa shape index (κ3) is 6.81. The number of carbonyl (C=O) groups is 1. The number of hydrogen-bond acceptors (Lipinski definition) is 3. The average Bonchev–Trinajstić information content (AvgIpc) is 2.76. The smallest absolute Gasteiger partial charge is 0.341 e. The van der Waals surface area contributed by atoms with Crippen molar-refractivity contribution in [2.24, 2.45) is 5.92 Å². The number of benzene rings is 2. The van der Waals surface area contributed by atoms with Crippen molar-refractivity contribution in [2.45, 2.75) is 38.2 Å². The molecule has 2 aromatic carbocycles. The maximum Gasteiger partial charge on any atom is 0.416 e. The van der Waals surface area contributed by atoms with E-state index in [1.807, 2.05) is 0 Å². The minimum absolute atomic E-state index is 0.00159. The van der Waals surface area contributed by atoms with Gasteiger partial charge in [0.05, 0.1) is 17.4 Å². The number of carbonyl (C=O) groups excluding carboxylic acids is 1. The highest BCUT2D eigenvalue weighted by Gasteiger charge is 2.40. The van der Waals surface area contributed by atoms with Crippen LogP contribution in [0.3, 0.4) is 0 Å². The van der Waals surface area contributed by atoms with E-state index in [2.05, 4.69) is 0 Å². The number of piperidine rings is 1. The fourth-order valence-corrected chi connectivity index (χ4v) is 5.50. The zero-order valence-corrected chi connectivity index (χ0v) is 20.9. The summed E-state index contributed by atoms with van der Waals surface area (Å²) >= 11 is 0. The lowest BCUT2D eigenvalue weighted by atomic mass is 9.79. The van der Waals surface area contributed by atoms with E-state index in [0.717, 1.165) is 11.2 Å². The minimum Gasteiger partial charge on any atom is -0.341 e. The van der Waals surface area contributed by atoms with E-state index in [1.54, 1.807) is 6.92 Å². The summed E-state index contributed by atoms with van der Waals surface area (Å²) < 4.78 is 119. The van der Waals surface area contributed by atoms with E-state index >= 15 is 0 Å². The molecule has 1 saturated heterocycles. The third-order valence-corrected chi connectivity index (χ3v) is 7.71. The third-order valence-electron chi connectivity index (χ3n) is 6.44. The molecular formula is C24H25F7N2O3S. The number of hydrogen-bond donors (Lipinski definition) is 0. The molecule has 0 aromatic heterocycles. The van der Waals surface area contributed by atoms with Crippen LogP contribution in [0.1, 0.15) is 40.2 Å². The Morgan fingerprint density at radius 2 is 1.59 bits per heavy atom. The molecule has 5 nitrogen and oxygen atoms in total. The van der Waals surface area contributed by atoms with Gasteiger partial charge in [0.15, 0.2) is 0 Å². The number of sulfonamides is 1. The Labute approximate surface area is 209 Å². The van der Waals surface area contributed by atoms with Crippen LogP contribution in [0.25, 0.3) is 0 Å². The van der Waals surface area contributed by atoms with Gasteiger partial charge in [-0.25, -0.2) is 17.1 Å². The van der Waals surface area contributed by atoms with E-state index in [4.69, 9.17) is 0 Å². The fraction of sp³-hybridized carbons (Fsp3) is 0.458. The van der Waals surface area contributed by atoms with Crippen LogP contribution in [0.2, 0.25) is 0 Å². The largest absolute Gasteiger partial charge is 0.416 e. The molecule has 2 aromatic rings. The lowest BCUT2D eigenvalue weighted by molar-refractivity contribution is -0.143. The Morgan fingerprint density at radius 1 is 1.03 bits per heavy atom. The second-order valence-electron chi connectivity index (χ2n) is 9.23. The normalized spacial score (nSPS) is 19.6. The van der Waals surface area contributed by atoms with Gasteiger partial charge in [0.2, 0.25) is 15.9 Å². The summed E-state index contributed by atoms with van der Waals surface area (Å²) in [4.78, 5) is 14.5. The highest BCUT2D eigenvalue weighted by atomic mass is 32.2. The van der Waals surface area contributed by atoms with Crippen LogP contribution >= 0.6 is 0 Å². The Kier molecular flexibility index (Phi) is 8.00. The van der Waals surface area contributed by atoms with Crippen LogP contribution in [-0.2, 0) is 33.7 Å². The maximum absolute atomic E-state index is 13.7. The van der Waals surface area contributed by atoms with Crippen molar-refractivity contribution in [1.82, 2.24) is 9.21 Å². The summed E-state index contributed by atoms with van der Waals surface area (Å²) in [7, 11) is -2.36. The Bertz CT molecular complexity index is 1240. The van der Waals surface area contributed by atoms with Crippen molar-refractivity contribution in [3.8, 4) is 0 Å². The van der Waals surface area contributed by atoms with E-state index in [-0.39, 0.29) is 31.1 Å². The molecule has 3 rings (SSSR count). The zero-order chi connectivity index (χ0) is 27.9. The standard InChI is InChI=1S/C24H25F7N2O3S/c1-14-8-18(25)4-5-19(14)21-13-33(37(3,35)36)7-6-20(21)22(34)32(2)12-15-9-16(23(26,27)28)11-17(10-15)24(29,30)31/h4-5,8-11,20-21H,6-7,12-13H2,1-3H3/t20-,21+/m1/s1. The molecule has 1 heterocycles. The van der Waals surface area contributed by atoms with Crippen molar-refractivity contribution >= 4 is 15.9 Å². The molecule has 0 aliphatic carbocycles. The van der Waals surface area contributed by atoms with E-state index in [1.165, 1.54) is 29.6 Å². The first-order chi connectivity index (χ1) is 16.9. The molecule has 13 heteroatoms. The van der Waals surface area contributed by atoms with Gasteiger partial charge in [-0.3, -0.25) is 4.79 Å². The number of nitrogens with zero attached hydrogens (tertiary/aromatic N) is 2. The van der Waals surface area contributed by atoms with Gasteiger partial charge in [0.1, 0.15) is 5.82 Å². The van der Waals surface area contributed by atoms with Crippen LogP contribution < -0.4 is 0 Å². The molecule has 1 aliphatic rings. The monoisotopic (exact) mass is 554 g/mol. The fourth-order valence-electron chi connectivity index (χ4n) is 4.63. The second kappa shape index (κ2) is 10.2. The van der Waals surface area contributed by atoms with Gasteiger partial charge >= 0.3 is 12.4 Å². The molecule has 0 spiro atoms. The molecule has 2 atom stereocenters. The minimum atomic E-state index is -5.03. The van der Waals surface area contributed by atoms with Crippen LogP contribution in [-0.4, -0.2) is 49.9 Å². The molecule has 0 saturated carbocycles. The van der Waals surface area contributed by atoms with Crippen LogP contribution in [0.5, 0.6) is 0 Å². The lowest BCUT2D eigenvalue weighted by Gasteiger charge is -2.39. The summed E-state index contributed by atoms with van der Waals surface area (Å²) in [6.45, 7) is 0.983. The van der Waals surface area contributed by atoms with Gasteiger partial charge in [-0.1, -0.05) is 6.07 Å². The molecule has 0 unspecified atom stereocenters. The molecule has 0 bridgehead atoms. The van der Waals surface area contributed by atoms with Crippen molar-refractivity contribution < 1.29 is 43.9 Å². The van der Waals surface area contributed by atoms with E-state index in [9.17, 15) is 43.9 Å². The Morgan fingerprint density at radius 3 is 2.08 bits per heavy atom. The van der Waals surface area contributed by atoms with Crippen LogP contribution in [0, 0.1) is 18.7 Å². The average molecular weight is 555 g/mol. The number of halogens is 7. The second-order valence-corrected chi connectivity index (χ2v) is 11.2. The maximum atomic E-state index is 13.7. The molecule has 1 fully saturated rings. The van der Waals surface area contributed by atoms with Gasteiger partial charge in [0, 0.05) is 38.5 Å². The summed E-state index contributed by atoms with van der Waals surface area (Å²) in [5, 5.41) is 0. The number of rotatable bonds is 5. The van der Waals surface area contributed by atoms with Crippen LogP contribution in [0.4, 0.5) is 30.7 Å². The first kappa shape index (κ1) is 28.9. The van der Waals surface area contributed by atoms with Gasteiger partial charge in [-0.05, 0) is 60.4 Å². The van der Waals surface area contributed by atoms with Crippen molar-refractivity contribution in [3.63, 3.8) is 0 Å². The number of aryl methyl sites for hydroxylation is 1. The van der Waals surface area contributed by atoms with Crippen molar-refractivity contribution in [2.75, 3.05) is 26.4 Å². The Balaban J connectivity index is 1.94. The van der Waals surface area contributed by atoms with Gasteiger partial charge < -0.3 is 4.90 Å². The summed E-state index contributed by atoms with van der Waals surface area (Å²) in [6, 6.07) is 5.00. The van der Waals surface area contributed by atoms with E-state index in [0.29, 0.717) is 23.3 Å². The summed E-state index contributed by atoms with van der Waals surface area (Å²) in [6.07, 6.45) is -8.97. The van der Waals surface area contributed by atoms with Crippen LogP contribution in [0.15, 0.2) is 36.4 Å². The molecule has 204 valence electrons. The van der Waals surface area contributed by atoms with Gasteiger partial charge in [-0.15, -0.1) is 0 Å². The number of amides is 1. The SMILES string of the molecule is Cc1cc(F)ccc1[C@@H]1CN(S(C)(=O)=O)CC[C@H]1C(=O)N(C)Cc1cc(C(F)(F)F)cc(C(F)(F)F)c1. The van der Waals surface area contributed by atoms with Gasteiger partial charge in [-0.2, -0.15) is 26.3 Å². The summed E-state index contributed by atoms with van der Waals surface area (Å²) in [5.41, 5.74) is -2.33. The molecule has 0 radical (unpaired) electrons. The molecule has 1 amide bonds. The molecule has 37 heavy (non-hydrogen) atoms. The van der Waals surface area contributed by atoms with Crippen molar-refractivity contribution in [1.29, 1.82) is 0 Å². The van der Waals surface area contributed by atoms with Gasteiger partial charge in [0.25, 0.3) is 0 Å². The summed E-state index contributed by atoms with van der Waals surface area (Å²) in [5.74, 6) is -2.64. The molecule has 1 aliphatic heterocycles. The molecular weight excluding hydrogens is 529 g/mol. The predicted molar refractivity (Wildman–Crippen MR) is 121 cm³/mol.